The van der Waals surface area contributed by atoms with Gasteiger partial charge in [0.25, 0.3) is 0 Å². The Labute approximate surface area is 114 Å². The van der Waals surface area contributed by atoms with Crippen LogP contribution in [0.5, 0.6) is 0 Å². The summed E-state index contributed by atoms with van der Waals surface area (Å²) in [5, 5.41) is 0. The Bertz CT molecular complexity index is 537. The summed E-state index contributed by atoms with van der Waals surface area (Å²) in [5.41, 5.74) is -0.774. The summed E-state index contributed by atoms with van der Waals surface area (Å²) in [6.07, 6.45) is 0.430. The fourth-order valence-corrected chi connectivity index (χ4v) is 1.60. The first-order valence-corrected chi connectivity index (χ1v) is 5.38. The van der Waals surface area contributed by atoms with Crippen LogP contribution in [-0.2, 0) is 14.2 Å². The molecule has 0 amide bonds. The highest BCUT2D eigenvalue weighted by Gasteiger charge is 2.27. The molecule has 0 aromatic heterocycles. The molecule has 0 saturated carbocycles. The van der Waals surface area contributed by atoms with Gasteiger partial charge < -0.3 is 14.2 Å². The molecule has 0 aliphatic carbocycles. The number of methoxy groups -OCH3 is 3. The lowest BCUT2D eigenvalue weighted by molar-refractivity contribution is 0.0535. The Morgan fingerprint density at radius 1 is 0.850 bits per heavy atom. The fraction of sp³-hybridized carbons (Fsp3) is 0.231. The van der Waals surface area contributed by atoms with Gasteiger partial charge in [0.05, 0.1) is 38.0 Å². The number of carbonyl (C=O) groups is 4. The molecule has 0 bridgehead atoms. The lowest BCUT2D eigenvalue weighted by Gasteiger charge is -2.11. The van der Waals surface area contributed by atoms with Gasteiger partial charge in [-0.05, 0) is 12.1 Å². The van der Waals surface area contributed by atoms with Gasteiger partial charge in [0.1, 0.15) is 6.29 Å². The number of esters is 3. The lowest BCUT2D eigenvalue weighted by Crippen LogP contribution is -2.18. The molecule has 0 heterocycles. The molecule has 0 radical (unpaired) electrons. The zero-order valence-electron chi connectivity index (χ0n) is 11.1. The Balaban J connectivity index is 3.70. The molecule has 1 aromatic carbocycles. The second kappa shape index (κ2) is 6.46. The molecule has 1 aromatic rings. The summed E-state index contributed by atoms with van der Waals surface area (Å²) in [6.45, 7) is 0. The average Bonchev–Trinajstić information content (AvgIpc) is 2.50. The molecule has 0 N–H and O–H groups in total. The van der Waals surface area contributed by atoms with Crippen molar-refractivity contribution in [1.29, 1.82) is 0 Å². The molecular formula is C13H12O7. The van der Waals surface area contributed by atoms with Crippen molar-refractivity contribution in [2.24, 2.45) is 0 Å². The lowest BCUT2D eigenvalue weighted by atomic mass is 9.97. The van der Waals surface area contributed by atoms with Crippen molar-refractivity contribution >= 4 is 24.2 Å². The Morgan fingerprint density at radius 2 is 1.25 bits per heavy atom. The molecule has 0 spiro atoms. The predicted molar refractivity (Wildman–Crippen MR) is 65.8 cm³/mol. The Morgan fingerprint density at radius 3 is 1.55 bits per heavy atom. The first-order valence-electron chi connectivity index (χ1n) is 5.38. The van der Waals surface area contributed by atoms with Crippen molar-refractivity contribution in [1.82, 2.24) is 0 Å². The largest absolute Gasteiger partial charge is 0.465 e. The van der Waals surface area contributed by atoms with Crippen LogP contribution < -0.4 is 0 Å². The SMILES string of the molecule is COC(=O)c1cc(C=O)cc(C(=O)OC)c1C(=O)OC. The van der Waals surface area contributed by atoms with Crippen molar-refractivity contribution in [3.05, 3.63) is 34.4 Å². The minimum absolute atomic E-state index is 0.0263. The molecule has 0 aliphatic heterocycles. The van der Waals surface area contributed by atoms with Crippen molar-refractivity contribution < 1.29 is 33.4 Å². The van der Waals surface area contributed by atoms with Gasteiger partial charge in [-0.1, -0.05) is 0 Å². The fourth-order valence-electron chi connectivity index (χ4n) is 1.60. The van der Waals surface area contributed by atoms with E-state index >= 15 is 0 Å². The van der Waals surface area contributed by atoms with Gasteiger partial charge >= 0.3 is 17.9 Å². The molecule has 7 heteroatoms. The van der Waals surface area contributed by atoms with E-state index in [-0.39, 0.29) is 22.3 Å². The molecular weight excluding hydrogens is 268 g/mol. The van der Waals surface area contributed by atoms with Crippen LogP contribution in [0.15, 0.2) is 12.1 Å². The summed E-state index contributed by atoms with van der Waals surface area (Å²) >= 11 is 0. The summed E-state index contributed by atoms with van der Waals surface area (Å²) in [4.78, 5) is 46.0. The standard InChI is InChI=1S/C13H12O7/c1-18-11(15)8-4-7(6-14)5-9(12(16)19-2)10(8)13(17)20-3/h4-6H,1-3H3. The highest BCUT2D eigenvalue weighted by molar-refractivity contribution is 6.11. The van der Waals surface area contributed by atoms with E-state index in [1.165, 1.54) is 0 Å². The Hall–Kier alpha value is -2.70. The molecule has 0 fully saturated rings. The second-order valence-corrected chi connectivity index (χ2v) is 3.58. The van der Waals surface area contributed by atoms with Crippen LogP contribution in [0, 0.1) is 0 Å². The maximum atomic E-state index is 11.8. The summed E-state index contributed by atoms with van der Waals surface area (Å²) in [7, 11) is 3.31. The third-order valence-electron chi connectivity index (χ3n) is 2.50. The molecule has 0 atom stereocenters. The topological polar surface area (TPSA) is 96.0 Å². The number of hydrogen-bond donors (Lipinski definition) is 0. The van der Waals surface area contributed by atoms with Crippen molar-refractivity contribution in [2.75, 3.05) is 21.3 Å². The van der Waals surface area contributed by atoms with Crippen LogP contribution in [0.25, 0.3) is 0 Å². The van der Waals surface area contributed by atoms with Crippen LogP contribution >= 0.6 is 0 Å². The zero-order chi connectivity index (χ0) is 15.3. The Kier molecular flexibility index (Phi) is 4.96. The van der Waals surface area contributed by atoms with Crippen molar-refractivity contribution in [3.63, 3.8) is 0 Å². The van der Waals surface area contributed by atoms with E-state index in [9.17, 15) is 19.2 Å². The van der Waals surface area contributed by atoms with Gasteiger partial charge in [-0.15, -0.1) is 0 Å². The van der Waals surface area contributed by atoms with Crippen LogP contribution in [-0.4, -0.2) is 45.5 Å². The minimum atomic E-state index is -0.914. The smallest absolute Gasteiger partial charge is 0.339 e. The number of carbonyl (C=O) groups excluding carboxylic acids is 4. The van der Waals surface area contributed by atoms with Gasteiger partial charge in [0.15, 0.2) is 0 Å². The molecule has 0 saturated heterocycles. The van der Waals surface area contributed by atoms with Gasteiger partial charge in [0.2, 0.25) is 0 Å². The van der Waals surface area contributed by atoms with E-state index in [4.69, 9.17) is 0 Å². The van der Waals surface area contributed by atoms with Crippen LogP contribution in [0.2, 0.25) is 0 Å². The van der Waals surface area contributed by atoms with Crippen LogP contribution in [0.3, 0.4) is 0 Å². The number of rotatable bonds is 4. The summed E-state index contributed by atoms with van der Waals surface area (Å²) in [6, 6.07) is 2.27. The van der Waals surface area contributed by atoms with Crippen LogP contribution in [0.1, 0.15) is 41.4 Å². The van der Waals surface area contributed by atoms with E-state index in [1.807, 2.05) is 0 Å². The van der Waals surface area contributed by atoms with E-state index in [0.29, 0.717) is 6.29 Å². The highest BCUT2D eigenvalue weighted by Crippen LogP contribution is 2.20. The first-order chi connectivity index (χ1) is 9.49. The maximum absolute atomic E-state index is 11.8. The van der Waals surface area contributed by atoms with Crippen molar-refractivity contribution in [3.8, 4) is 0 Å². The van der Waals surface area contributed by atoms with Gasteiger partial charge in [-0.2, -0.15) is 0 Å². The maximum Gasteiger partial charge on any atom is 0.339 e. The summed E-state index contributed by atoms with van der Waals surface area (Å²) < 4.78 is 13.6. The average molecular weight is 280 g/mol. The number of ether oxygens (including phenoxy) is 3. The normalized spacial score (nSPS) is 9.55. The first kappa shape index (κ1) is 15.4. The third-order valence-corrected chi connectivity index (χ3v) is 2.50. The molecule has 1 rings (SSSR count). The number of hydrogen-bond acceptors (Lipinski definition) is 7. The molecule has 106 valence electrons. The van der Waals surface area contributed by atoms with Gasteiger partial charge in [0, 0.05) is 5.56 Å². The second-order valence-electron chi connectivity index (χ2n) is 3.58. The van der Waals surface area contributed by atoms with Crippen LogP contribution in [0.4, 0.5) is 0 Å². The highest BCUT2D eigenvalue weighted by atomic mass is 16.5. The minimum Gasteiger partial charge on any atom is -0.465 e. The third kappa shape index (κ3) is 2.82. The molecule has 20 heavy (non-hydrogen) atoms. The van der Waals surface area contributed by atoms with Crippen molar-refractivity contribution in [2.45, 2.75) is 0 Å². The predicted octanol–water partition coefficient (Wildman–Crippen LogP) is 0.859. The van der Waals surface area contributed by atoms with E-state index in [1.54, 1.807) is 0 Å². The molecule has 7 nitrogen and oxygen atoms in total. The quantitative estimate of drug-likeness (QED) is 0.458. The number of aldehydes is 1. The monoisotopic (exact) mass is 280 g/mol. The zero-order valence-corrected chi connectivity index (χ0v) is 11.1. The van der Waals surface area contributed by atoms with E-state index < -0.39 is 17.9 Å². The van der Waals surface area contributed by atoms with E-state index in [2.05, 4.69) is 14.2 Å². The summed E-state index contributed by atoms with van der Waals surface area (Å²) in [5.74, 6) is -2.67. The van der Waals surface area contributed by atoms with Gasteiger partial charge in [-0.3, -0.25) is 4.79 Å². The van der Waals surface area contributed by atoms with E-state index in [0.717, 1.165) is 33.5 Å². The number of benzene rings is 1. The molecule has 0 unspecified atom stereocenters. The molecule has 0 aliphatic rings. The van der Waals surface area contributed by atoms with Gasteiger partial charge in [-0.25, -0.2) is 14.4 Å².